The lowest BCUT2D eigenvalue weighted by Gasteiger charge is -2.31. The van der Waals surface area contributed by atoms with E-state index < -0.39 is 0 Å². The van der Waals surface area contributed by atoms with Crippen molar-refractivity contribution in [2.24, 2.45) is 11.8 Å². The van der Waals surface area contributed by atoms with Crippen molar-refractivity contribution >= 4 is 5.91 Å². The summed E-state index contributed by atoms with van der Waals surface area (Å²) in [6.45, 7) is 8.33. The van der Waals surface area contributed by atoms with Gasteiger partial charge in [0, 0.05) is 12.6 Å². The molecule has 2 rings (SSSR count). The highest BCUT2D eigenvalue weighted by molar-refractivity contribution is 5.83. The molecular weight excluding hydrogens is 212 g/mol. The standard InChI is InChI=1S/C14H26N2O/c1-4-8-16(10(2)3)14(17)13-12-7-5-6-11(12)9-15-13/h10-13,15H,4-9H2,1-3H3. The van der Waals surface area contributed by atoms with E-state index in [0.717, 1.165) is 25.4 Å². The Balaban J connectivity index is 2.02. The first-order valence-electron chi connectivity index (χ1n) is 7.19. The largest absolute Gasteiger partial charge is 0.339 e. The molecule has 0 aromatic carbocycles. The van der Waals surface area contributed by atoms with Crippen molar-refractivity contribution in [2.75, 3.05) is 13.1 Å². The summed E-state index contributed by atoms with van der Waals surface area (Å²) >= 11 is 0. The molecule has 3 atom stereocenters. The van der Waals surface area contributed by atoms with E-state index in [-0.39, 0.29) is 6.04 Å². The third-order valence-corrected chi connectivity index (χ3v) is 4.38. The van der Waals surface area contributed by atoms with Crippen LogP contribution in [0.1, 0.15) is 46.5 Å². The number of rotatable bonds is 4. The number of fused-ring (bicyclic) bond motifs is 1. The van der Waals surface area contributed by atoms with E-state index in [0.29, 0.717) is 17.9 Å². The lowest BCUT2D eigenvalue weighted by molar-refractivity contribution is -0.135. The maximum absolute atomic E-state index is 12.6. The summed E-state index contributed by atoms with van der Waals surface area (Å²) in [6, 6.07) is 0.432. The van der Waals surface area contributed by atoms with Gasteiger partial charge in [-0.2, -0.15) is 0 Å². The van der Waals surface area contributed by atoms with Gasteiger partial charge in [0.05, 0.1) is 6.04 Å². The number of hydrogen-bond acceptors (Lipinski definition) is 2. The maximum Gasteiger partial charge on any atom is 0.240 e. The van der Waals surface area contributed by atoms with Crippen LogP contribution >= 0.6 is 0 Å². The van der Waals surface area contributed by atoms with E-state index in [4.69, 9.17) is 0 Å². The Hall–Kier alpha value is -0.570. The maximum atomic E-state index is 12.6. The molecule has 0 bridgehead atoms. The normalized spacial score (nSPS) is 31.9. The number of hydrogen-bond donors (Lipinski definition) is 1. The first-order valence-corrected chi connectivity index (χ1v) is 7.19. The number of carbonyl (C=O) groups excluding carboxylic acids is 1. The van der Waals surface area contributed by atoms with Gasteiger partial charge in [-0.05, 0) is 51.5 Å². The first-order chi connectivity index (χ1) is 8.15. The van der Waals surface area contributed by atoms with Gasteiger partial charge in [-0.1, -0.05) is 13.3 Å². The Labute approximate surface area is 105 Å². The molecular formula is C14H26N2O. The van der Waals surface area contributed by atoms with Gasteiger partial charge in [0.1, 0.15) is 0 Å². The van der Waals surface area contributed by atoms with E-state index in [2.05, 4.69) is 31.0 Å². The van der Waals surface area contributed by atoms with Crippen LogP contribution < -0.4 is 5.32 Å². The SMILES string of the molecule is CCCN(C(=O)C1NCC2CCCC21)C(C)C. The number of amides is 1. The van der Waals surface area contributed by atoms with Crippen LogP contribution in [0.4, 0.5) is 0 Å². The van der Waals surface area contributed by atoms with Gasteiger partial charge in [-0.25, -0.2) is 0 Å². The zero-order valence-electron chi connectivity index (χ0n) is 11.4. The number of nitrogens with one attached hydrogen (secondary N) is 1. The summed E-state index contributed by atoms with van der Waals surface area (Å²) in [5.41, 5.74) is 0. The molecule has 2 fully saturated rings. The molecule has 1 heterocycles. The molecule has 3 nitrogen and oxygen atoms in total. The predicted molar refractivity (Wildman–Crippen MR) is 69.8 cm³/mol. The molecule has 0 aromatic heterocycles. The Morgan fingerprint density at radius 2 is 2.18 bits per heavy atom. The molecule has 3 heteroatoms. The van der Waals surface area contributed by atoms with Gasteiger partial charge in [0.25, 0.3) is 0 Å². The lowest BCUT2D eigenvalue weighted by atomic mass is 9.93. The van der Waals surface area contributed by atoms with Crippen molar-refractivity contribution in [3.63, 3.8) is 0 Å². The highest BCUT2D eigenvalue weighted by atomic mass is 16.2. The van der Waals surface area contributed by atoms with Gasteiger partial charge >= 0.3 is 0 Å². The van der Waals surface area contributed by atoms with E-state index >= 15 is 0 Å². The fourth-order valence-corrected chi connectivity index (χ4v) is 3.50. The molecule has 1 aliphatic heterocycles. The molecule has 2 aliphatic rings. The molecule has 1 amide bonds. The van der Waals surface area contributed by atoms with Gasteiger partial charge in [-0.3, -0.25) is 4.79 Å². The fourth-order valence-electron chi connectivity index (χ4n) is 3.50. The van der Waals surface area contributed by atoms with E-state index in [9.17, 15) is 4.79 Å². The van der Waals surface area contributed by atoms with Crippen molar-refractivity contribution in [3.8, 4) is 0 Å². The highest BCUT2D eigenvalue weighted by Gasteiger charge is 2.43. The van der Waals surface area contributed by atoms with Crippen molar-refractivity contribution in [2.45, 2.75) is 58.5 Å². The van der Waals surface area contributed by atoms with Crippen molar-refractivity contribution in [1.29, 1.82) is 0 Å². The zero-order chi connectivity index (χ0) is 12.4. The van der Waals surface area contributed by atoms with Gasteiger partial charge < -0.3 is 10.2 Å². The Morgan fingerprint density at radius 1 is 1.41 bits per heavy atom. The minimum Gasteiger partial charge on any atom is -0.339 e. The molecule has 3 unspecified atom stereocenters. The van der Waals surface area contributed by atoms with Gasteiger partial charge in [0.2, 0.25) is 5.91 Å². The van der Waals surface area contributed by atoms with Crippen molar-refractivity contribution in [3.05, 3.63) is 0 Å². The average molecular weight is 238 g/mol. The minimum atomic E-state index is 0.108. The molecule has 1 aliphatic carbocycles. The summed E-state index contributed by atoms with van der Waals surface area (Å²) in [5.74, 6) is 1.72. The van der Waals surface area contributed by atoms with Gasteiger partial charge in [-0.15, -0.1) is 0 Å². The second-order valence-corrected chi connectivity index (χ2v) is 5.87. The minimum absolute atomic E-state index is 0.108. The van der Waals surface area contributed by atoms with Crippen LogP contribution in [0.3, 0.4) is 0 Å². The van der Waals surface area contributed by atoms with Crippen LogP contribution in [0.2, 0.25) is 0 Å². The third kappa shape index (κ3) is 2.49. The zero-order valence-corrected chi connectivity index (χ0v) is 11.4. The summed E-state index contributed by atoms with van der Waals surface area (Å²) in [4.78, 5) is 14.6. The Morgan fingerprint density at radius 3 is 2.82 bits per heavy atom. The molecule has 0 aromatic rings. The summed E-state index contributed by atoms with van der Waals surface area (Å²) in [6.07, 6.45) is 4.92. The smallest absolute Gasteiger partial charge is 0.240 e. The third-order valence-electron chi connectivity index (χ3n) is 4.38. The van der Waals surface area contributed by atoms with Gasteiger partial charge in [0.15, 0.2) is 0 Å². The summed E-state index contributed by atoms with van der Waals surface area (Å²) in [5, 5.41) is 3.46. The van der Waals surface area contributed by atoms with E-state index in [1.807, 2.05) is 0 Å². The lowest BCUT2D eigenvalue weighted by Crippen LogP contribution is -2.49. The molecule has 0 spiro atoms. The Bertz CT molecular complexity index is 277. The van der Waals surface area contributed by atoms with Crippen LogP contribution in [0.15, 0.2) is 0 Å². The molecule has 0 radical (unpaired) electrons. The van der Waals surface area contributed by atoms with Crippen LogP contribution in [0, 0.1) is 11.8 Å². The summed E-state index contributed by atoms with van der Waals surface area (Å²) < 4.78 is 0. The second kappa shape index (κ2) is 5.38. The predicted octanol–water partition coefficient (Wildman–Crippen LogP) is 2.02. The molecule has 1 saturated carbocycles. The van der Waals surface area contributed by atoms with Crippen molar-refractivity contribution < 1.29 is 4.79 Å². The van der Waals surface area contributed by atoms with Crippen LogP contribution in [0.5, 0.6) is 0 Å². The number of carbonyl (C=O) groups is 1. The second-order valence-electron chi connectivity index (χ2n) is 5.87. The summed E-state index contributed by atoms with van der Waals surface area (Å²) in [7, 11) is 0. The van der Waals surface area contributed by atoms with Crippen molar-refractivity contribution in [1.82, 2.24) is 10.2 Å². The van der Waals surface area contributed by atoms with Crippen LogP contribution in [-0.2, 0) is 4.79 Å². The first kappa shape index (κ1) is 12.9. The molecule has 17 heavy (non-hydrogen) atoms. The topological polar surface area (TPSA) is 32.3 Å². The molecule has 98 valence electrons. The monoisotopic (exact) mass is 238 g/mol. The highest BCUT2D eigenvalue weighted by Crippen LogP contribution is 2.38. The fraction of sp³-hybridized carbons (Fsp3) is 0.929. The average Bonchev–Trinajstić information content (AvgIpc) is 2.85. The number of nitrogens with zero attached hydrogens (tertiary/aromatic N) is 1. The quantitative estimate of drug-likeness (QED) is 0.812. The van der Waals surface area contributed by atoms with E-state index in [1.54, 1.807) is 0 Å². The Kier molecular flexibility index (Phi) is 4.08. The van der Waals surface area contributed by atoms with Crippen LogP contribution in [0.25, 0.3) is 0 Å². The van der Waals surface area contributed by atoms with E-state index in [1.165, 1.54) is 19.3 Å². The van der Waals surface area contributed by atoms with Crippen LogP contribution in [-0.4, -0.2) is 36.0 Å². The molecule has 1 saturated heterocycles. The molecule has 1 N–H and O–H groups in total.